The molecule has 3 aromatic rings. The Hall–Kier alpha value is -2.85. The van der Waals surface area contributed by atoms with Gasteiger partial charge >= 0.3 is 0 Å². The summed E-state index contributed by atoms with van der Waals surface area (Å²) in [4.78, 5) is 32.7. The minimum absolute atomic E-state index is 0.00259. The van der Waals surface area contributed by atoms with Crippen LogP contribution in [-0.4, -0.2) is 65.7 Å². The van der Waals surface area contributed by atoms with E-state index in [0.29, 0.717) is 40.5 Å². The Kier molecular flexibility index (Phi) is 6.76. The molecular formula is C23H25N3O5S2. The van der Waals surface area contributed by atoms with Crippen molar-refractivity contribution < 1.29 is 17.9 Å². The number of aromatic nitrogens is 2. The van der Waals surface area contributed by atoms with Gasteiger partial charge in [0.1, 0.15) is 5.75 Å². The number of ether oxygens (including phenoxy) is 1. The standard InChI is InChI=1S/C23H25N3O5S2/c1-3-25(16-12-13-33(29,30)15-16)21(27)14-32-23-24-18-9-5-4-8-17(18)22(28)26(23)19-10-6-7-11-20(19)31-2/h4-11,16H,3,12-15H2,1-2H3. The van der Waals surface area contributed by atoms with Gasteiger partial charge in [-0.05, 0) is 37.6 Å². The number of hydrogen-bond donors (Lipinski definition) is 0. The molecule has 1 amide bonds. The number of amides is 1. The second-order valence-corrected chi connectivity index (χ2v) is 10.9. The smallest absolute Gasteiger partial charge is 0.266 e. The van der Waals surface area contributed by atoms with Gasteiger partial charge in [-0.1, -0.05) is 36.0 Å². The maximum atomic E-state index is 13.4. The molecule has 0 spiro atoms. The molecule has 1 atom stereocenters. The van der Waals surface area contributed by atoms with Crippen molar-refractivity contribution in [3.05, 3.63) is 58.9 Å². The molecule has 1 aromatic heterocycles. The van der Waals surface area contributed by atoms with Gasteiger partial charge in [0.2, 0.25) is 5.91 Å². The summed E-state index contributed by atoms with van der Waals surface area (Å²) in [5.41, 5.74) is 0.819. The van der Waals surface area contributed by atoms with E-state index in [9.17, 15) is 18.0 Å². The predicted molar refractivity (Wildman–Crippen MR) is 129 cm³/mol. The minimum atomic E-state index is -3.10. The molecule has 4 rings (SSSR count). The fourth-order valence-electron chi connectivity index (χ4n) is 4.10. The third-order valence-corrected chi connectivity index (χ3v) is 8.38. The van der Waals surface area contributed by atoms with E-state index in [1.807, 2.05) is 13.0 Å². The van der Waals surface area contributed by atoms with E-state index >= 15 is 0 Å². The van der Waals surface area contributed by atoms with Crippen LogP contribution in [0.3, 0.4) is 0 Å². The van der Waals surface area contributed by atoms with Crippen LogP contribution < -0.4 is 10.3 Å². The van der Waals surface area contributed by atoms with Gasteiger partial charge in [-0.25, -0.2) is 13.4 Å². The minimum Gasteiger partial charge on any atom is -0.495 e. The average molecular weight is 488 g/mol. The summed E-state index contributed by atoms with van der Waals surface area (Å²) in [5, 5.41) is 0.831. The van der Waals surface area contributed by atoms with E-state index < -0.39 is 9.84 Å². The van der Waals surface area contributed by atoms with Crippen LogP contribution in [0.1, 0.15) is 13.3 Å². The number of para-hydroxylation sites is 3. The lowest BCUT2D eigenvalue weighted by atomic mass is 10.2. The molecule has 0 radical (unpaired) electrons. The van der Waals surface area contributed by atoms with Crippen LogP contribution >= 0.6 is 11.8 Å². The van der Waals surface area contributed by atoms with Gasteiger partial charge < -0.3 is 9.64 Å². The molecule has 1 saturated heterocycles. The number of fused-ring (bicyclic) bond motifs is 1. The summed E-state index contributed by atoms with van der Waals surface area (Å²) in [6.45, 7) is 2.26. The Labute approximate surface area is 196 Å². The summed E-state index contributed by atoms with van der Waals surface area (Å²) in [6, 6.07) is 13.9. The lowest BCUT2D eigenvalue weighted by Gasteiger charge is -2.26. The maximum absolute atomic E-state index is 13.4. The number of carbonyl (C=O) groups excluding carboxylic acids is 1. The number of sulfone groups is 1. The van der Waals surface area contributed by atoms with Gasteiger partial charge in [0, 0.05) is 12.6 Å². The Morgan fingerprint density at radius 1 is 1.21 bits per heavy atom. The third kappa shape index (κ3) is 4.77. The summed E-state index contributed by atoms with van der Waals surface area (Å²) in [6.07, 6.45) is 0.451. The van der Waals surface area contributed by atoms with Crippen molar-refractivity contribution in [1.82, 2.24) is 14.5 Å². The molecule has 0 saturated carbocycles. The van der Waals surface area contributed by atoms with Crippen LogP contribution in [0.4, 0.5) is 0 Å². The monoisotopic (exact) mass is 487 g/mol. The van der Waals surface area contributed by atoms with Crippen LogP contribution in [0.15, 0.2) is 58.5 Å². The highest BCUT2D eigenvalue weighted by molar-refractivity contribution is 7.99. The molecule has 10 heteroatoms. The highest BCUT2D eigenvalue weighted by Gasteiger charge is 2.34. The predicted octanol–water partition coefficient (Wildman–Crippen LogP) is 2.52. The van der Waals surface area contributed by atoms with Gasteiger partial charge in [0.25, 0.3) is 5.56 Å². The van der Waals surface area contributed by atoms with E-state index in [0.717, 1.165) is 11.8 Å². The molecule has 0 bridgehead atoms. The second-order valence-electron chi connectivity index (χ2n) is 7.75. The van der Waals surface area contributed by atoms with Gasteiger partial charge in [-0.15, -0.1) is 0 Å². The number of thioether (sulfide) groups is 1. The fourth-order valence-corrected chi connectivity index (χ4v) is 6.73. The zero-order valence-corrected chi connectivity index (χ0v) is 20.1. The van der Waals surface area contributed by atoms with Crippen molar-refractivity contribution >= 4 is 38.4 Å². The molecule has 1 fully saturated rings. The normalized spacial score (nSPS) is 17.2. The first kappa shape index (κ1) is 23.3. The van der Waals surface area contributed by atoms with Gasteiger partial charge in [0.15, 0.2) is 15.0 Å². The third-order valence-electron chi connectivity index (χ3n) is 5.71. The van der Waals surface area contributed by atoms with Crippen LogP contribution in [0.5, 0.6) is 5.75 Å². The lowest BCUT2D eigenvalue weighted by Crippen LogP contribution is -2.42. The van der Waals surface area contributed by atoms with Crippen LogP contribution in [0.25, 0.3) is 16.6 Å². The first-order chi connectivity index (χ1) is 15.8. The zero-order valence-electron chi connectivity index (χ0n) is 18.4. The first-order valence-electron chi connectivity index (χ1n) is 10.6. The summed E-state index contributed by atoms with van der Waals surface area (Å²) in [7, 11) is -1.57. The van der Waals surface area contributed by atoms with Crippen molar-refractivity contribution in [3.63, 3.8) is 0 Å². The summed E-state index contributed by atoms with van der Waals surface area (Å²) >= 11 is 1.16. The zero-order chi connectivity index (χ0) is 23.6. The fraction of sp³-hybridized carbons (Fsp3) is 0.348. The van der Waals surface area contributed by atoms with E-state index in [-0.39, 0.29) is 34.8 Å². The maximum Gasteiger partial charge on any atom is 0.266 e. The van der Waals surface area contributed by atoms with Crippen LogP contribution in [0.2, 0.25) is 0 Å². The van der Waals surface area contributed by atoms with Crippen LogP contribution in [-0.2, 0) is 14.6 Å². The molecule has 1 aliphatic rings. The number of hydrogen-bond acceptors (Lipinski definition) is 7. The van der Waals surface area contributed by atoms with Crippen molar-refractivity contribution in [2.24, 2.45) is 0 Å². The molecule has 0 N–H and O–H groups in total. The quantitative estimate of drug-likeness (QED) is 0.373. The molecule has 1 unspecified atom stereocenters. The molecule has 1 aliphatic heterocycles. The highest BCUT2D eigenvalue weighted by atomic mass is 32.2. The largest absolute Gasteiger partial charge is 0.495 e. The molecule has 2 aromatic carbocycles. The molecule has 0 aliphatic carbocycles. The molecular weight excluding hydrogens is 462 g/mol. The number of rotatable bonds is 7. The highest BCUT2D eigenvalue weighted by Crippen LogP contribution is 2.28. The number of methoxy groups -OCH3 is 1. The van der Waals surface area contributed by atoms with E-state index in [1.54, 1.807) is 47.4 Å². The van der Waals surface area contributed by atoms with Gasteiger partial charge in [-0.3, -0.25) is 14.2 Å². The van der Waals surface area contributed by atoms with Crippen LogP contribution in [0, 0.1) is 0 Å². The average Bonchev–Trinajstić information content (AvgIpc) is 3.17. The second kappa shape index (κ2) is 9.56. The Bertz CT molecular complexity index is 1350. The number of benzene rings is 2. The topological polar surface area (TPSA) is 98.6 Å². The van der Waals surface area contributed by atoms with Gasteiger partial charge in [-0.2, -0.15) is 0 Å². The van der Waals surface area contributed by atoms with E-state index in [1.165, 1.54) is 11.7 Å². The van der Waals surface area contributed by atoms with E-state index in [2.05, 4.69) is 4.98 Å². The first-order valence-corrected chi connectivity index (χ1v) is 13.4. The van der Waals surface area contributed by atoms with Gasteiger partial charge in [0.05, 0.1) is 41.0 Å². The molecule has 33 heavy (non-hydrogen) atoms. The number of nitrogens with zero attached hydrogens (tertiary/aromatic N) is 3. The van der Waals surface area contributed by atoms with Crippen molar-refractivity contribution in [2.45, 2.75) is 24.5 Å². The Balaban J connectivity index is 1.70. The Morgan fingerprint density at radius 2 is 1.94 bits per heavy atom. The van der Waals surface area contributed by atoms with E-state index in [4.69, 9.17) is 4.74 Å². The number of carbonyl (C=O) groups is 1. The van der Waals surface area contributed by atoms with Crippen molar-refractivity contribution in [1.29, 1.82) is 0 Å². The Morgan fingerprint density at radius 3 is 2.64 bits per heavy atom. The summed E-state index contributed by atoms with van der Waals surface area (Å²) in [5.74, 6) is 0.463. The SMILES string of the molecule is CCN(C(=O)CSc1nc2ccccc2c(=O)n1-c1ccccc1OC)C1CCS(=O)(=O)C1. The van der Waals surface area contributed by atoms with Crippen molar-refractivity contribution in [3.8, 4) is 11.4 Å². The van der Waals surface area contributed by atoms with Crippen molar-refractivity contribution in [2.75, 3.05) is 30.9 Å². The molecule has 2 heterocycles. The summed E-state index contributed by atoms with van der Waals surface area (Å²) < 4.78 is 30.7. The lowest BCUT2D eigenvalue weighted by molar-refractivity contribution is -0.129. The molecule has 8 nitrogen and oxygen atoms in total. The molecule has 174 valence electrons.